The van der Waals surface area contributed by atoms with Crippen LogP contribution in [0.5, 0.6) is 0 Å². The first-order valence-electron chi connectivity index (χ1n) is 10.4. The van der Waals surface area contributed by atoms with Gasteiger partial charge in [0.2, 0.25) is 0 Å². The van der Waals surface area contributed by atoms with Crippen LogP contribution in [0.4, 0.5) is 0 Å². The molecule has 0 amide bonds. The number of aliphatic hydroxyl groups is 2. The highest BCUT2D eigenvalue weighted by Crippen LogP contribution is 2.66. The van der Waals surface area contributed by atoms with Crippen LogP contribution < -0.4 is 0 Å². The first-order valence-corrected chi connectivity index (χ1v) is 8.93. The van der Waals surface area contributed by atoms with Crippen LogP contribution >= 0.6 is 0 Å². The highest BCUT2D eigenvalue weighted by molar-refractivity contribution is 5.09. The maximum atomic E-state index is 10.8. The zero-order valence-corrected chi connectivity index (χ0v) is 13.4. The molecule has 0 aromatic heterocycles. The number of fused-ring (bicyclic) bond motifs is 5. The third kappa shape index (κ3) is 1.91. The Morgan fingerprint density at radius 1 is 0.952 bits per heavy atom. The standard InChI is InChI=1S/C19H32O2/c1-18-9-7-13(20)11-12(18)3-4-14-15-5-6-17(21)19(15,2)10-8-16(14)18/h12-17,20-21H,3-11H2,1-2H3/t12-,13-,14-,15-,16-,17-,18-,19-/m0/s1/i6D2,17D. The predicted molar refractivity (Wildman–Crippen MR) is 83.7 cm³/mol. The largest absolute Gasteiger partial charge is 0.393 e. The van der Waals surface area contributed by atoms with Crippen molar-refractivity contribution in [2.45, 2.75) is 83.8 Å². The van der Waals surface area contributed by atoms with E-state index in [-0.39, 0.29) is 17.4 Å². The summed E-state index contributed by atoms with van der Waals surface area (Å²) in [6.45, 7) is 4.37. The fourth-order valence-corrected chi connectivity index (χ4v) is 6.63. The SMILES string of the molecule is [2H]C1([2H])C[C@H]2[C@@H]3CC[C@H]4C[C@@H](O)CC[C@]4(C)[C@H]3CC[C@]2(C)[C@@]1([2H])O. The van der Waals surface area contributed by atoms with Crippen LogP contribution in [0.15, 0.2) is 0 Å². The quantitative estimate of drug-likeness (QED) is 0.714. The zero-order valence-electron chi connectivity index (χ0n) is 16.4. The summed E-state index contributed by atoms with van der Waals surface area (Å²) in [5.41, 5.74) is -0.381. The molecule has 0 spiro atoms. The van der Waals surface area contributed by atoms with Gasteiger partial charge in [-0.2, -0.15) is 0 Å². The van der Waals surface area contributed by atoms with Crippen molar-refractivity contribution in [3.05, 3.63) is 0 Å². The van der Waals surface area contributed by atoms with E-state index in [1.807, 2.05) is 6.92 Å². The minimum absolute atomic E-state index is 0.110. The highest BCUT2D eigenvalue weighted by atomic mass is 16.3. The van der Waals surface area contributed by atoms with Gasteiger partial charge in [0, 0.05) is 2.74 Å². The van der Waals surface area contributed by atoms with E-state index in [2.05, 4.69) is 6.92 Å². The number of aliphatic hydroxyl groups excluding tert-OH is 1. The second-order valence-electron chi connectivity index (χ2n) is 8.77. The molecule has 0 heterocycles. The van der Waals surface area contributed by atoms with Crippen molar-refractivity contribution >= 4 is 0 Å². The molecule has 0 unspecified atom stereocenters. The summed E-state index contributed by atoms with van der Waals surface area (Å²) in [4.78, 5) is 0. The van der Waals surface area contributed by atoms with Crippen molar-refractivity contribution in [1.29, 1.82) is 0 Å². The molecule has 0 aromatic rings. The van der Waals surface area contributed by atoms with Gasteiger partial charge in [-0.1, -0.05) is 13.8 Å². The molecule has 4 aliphatic rings. The molecule has 21 heavy (non-hydrogen) atoms. The Bertz CT molecular complexity index is 537. The Morgan fingerprint density at radius 3 is 2.48 bits per heavy atom. The van der Waals surface area contributed by atoms with Crippen LogP contribution in [0.2, 0.25) is 0 Å². The Morgan fingerprint density at radius 2 is 1.67 bits per heavy atom. The second kappa shape index (κ2) is 4.71. The normalized spacial score (nSPS) is 68.0. The van der Waals surface area contributed by atoms with Gasteiger partial charge in [0.15, 0.2) is 0 Å². The maximum absolute atomic E-state index is 10.8. The maximum Gasteiger partial charge on any atom is 0.0606 e. The van der Waals surface area contributed by atoms with Crippen LogP contribution in [-0.2, 0) is 0 Å². The van der Waals surface area contributed by atoms with Gasteiger partial charge >= 0.3 is 0 Å². The van der Waals surface area contributed by atoms with E-state index >= 15 is 0 Å². The number of rotatable bonds is 0. The van der Waals surface area contributed by atoms with Crippen molar-refractivity contribution < 1.29 is 14.3 Å². The smallest absolute Gasteiger partial charge is 0.0606 e. The Kier molecular flexibility index (Phi) is 2.57. The average Bonchev–Trinajstić information content (AvgIpc) is 2.64. The first-order chi connectivity index (χ1) is 11.0. The molecule has 120 valence electrons. The minimum atomic E-state index is -1.98. The molecular weight excluding hydrogens is 260 g/mol. The lowest BCUT2D eigenvalue weighted by Gasteiger charge is -2.60. The fraction of sp³-hybridized carbons (Fsp3) is 1.00. The van der Waals surface area contributed by atoms with Crippen molar-refractivity contribution in [1.82, 2.24) is 0 Å². The lowest BCUT2D eigenvalue weighted by Crippen LogP contribution is -2.54. The van der Waals surface area contributed by atoms with Crippen LogP contribution in [0.1, 0.15) is 75.7 Å². The third-order valence-electron chi connectivity index (χ3n) is 8.06. The molecule has 4 aliphatic carbocycles. The molecule has 0 radical (unpaired) electrons. The van der Waals surface area contributed by atoms with Gasteiger partial charge < -0.3 is 10.2 Å². The second-order valence-corrected chi connectivity index (χ2v) is 8.77. The van der Waals surface area contributed by atoms with E-state index in [9.17, 15) is 10.2 Å². The molecule has 0 saturated heterocycles. The predicted octanol–water partition coefficient (Wildman–Crippen LogP) is 3.75. The monoisotopic (exact) mass is 295 g/mol. The molecular formula is C19H32O2. The van der Waals surface area contributed by atoms with E-state index in [0.29, 0.717) is 24.2 Å². The van der Waals surface area contributed by atoms with Crippen LogP contribution in [-0.4, -0.2) is 22.4 Å². The van der Waals surface area contributed by atoms with Gasteiger partial charge in [-0.15, -0.1) is 0 Å². The van der Waals surface area contributed by atoms with Gasteiger partial charge in [0.25, 0.3) is 0 Å². The van der Waals surface area contributed by atoms with E-state index in [4.69, 9.17) is 4.11 Å². The van der Waals surface area contributed by atoms with E-state index < -0.39 is 17.9 Å². The van der Waals surface area contributed by atoms with Gasteiger partial charge in [-0.05, 0) is 92.2 Å². The van der Waals surface area contributed by atoms with E-state index in [1.165, 1.54) is 0 Å². The summed E-state index contributed by atoms with van der Waals surface area (Å²) in [7, 11) is 0. The molecule has 2 N–H and O–H groups in total. The molecule has 0 bridgehead atoms. The molecule has 0 aliphatic heterocycles. The molecule has 2 heteroatoms. The fourth-order valence-electron chi connectivity index (χ4n) is 6.63. The van der Waals surface area contributed by atoms with Crippen LogP contribution in [0, 0.1) is 34.5 Å². The van der Waals surface area contributed by atoms with Crippen molar-refractivity contribution in [2.75, 3.05) is 0 Å². The van der Waals surface area contributed by atoms with Crippen LogP contribution in [0.3, 0.4) is 0 Å². The Labute approximate surface area is 133 Å². The Balaban J connectivity index is 1.67. The van der Waals surface area contributed by atoms with Crippen molar-refractivity contribution in [3.63, 3.8) is 0 Å². The molecule has 2 nitrogen and oxygen atoms in total. The molecule has 4 saturated carbocycles. The lowest BCUT2D eigenvalue weighted by molar-refractivity contribution is -0.133. The number of hydrogen-bond donors (Lipinski definition) is 2. The zero-order chi connectivity index (χ0) is 17.5. The summed E-state index contributed by atoms with van der Waals surface area (Å²) in [6, 6.07) is 0. The summed E-state index contributed by atoms with van der Waals surface area (Å²) < 4.78 is 25.0. The first kappa shape index (κ1) is 11.5. The topological polar surface area (TPSA) is 40.5 Å². The summed E-state index contributed by atoms with van der Waals surface area (Å²) in [5, 5.41) is 20.8. The summed E-state index contributed by atoms with van der Waals surface area (Å²) in [6.07, 6.45) is 3.21. The number of hydrogen-bond acceptors (Lipinski definition) is 2. The van der Waals surface area contributed by atoms with E-state index in [1.54, 1.807) is 0 Å². The van der Waals surface area contributed by atoms with Gasteiger partial charge in [-0.3, -0.25) is 0 Å². The summed E-state index contributed by atoms with van der Waals surface area (Å²) >= 11 is 0. The minimum Gasteiger partial charge on any atom is -0.393 e. The molecule has 4 rings (SSSR count). The van der Waals surface area contributed by atoms with Crippen molar-refractivity contribution in [3.8, 4) is 0 Å². The van der Waals surface area contributed by atoms with Crippen molar-refractivity contribution in [2.24, 2.45) is 34.5 Å². The average molecular weight is 295 g/mol. The molecule has 8 atom stereocenters. The van der Waals surface area contributed by atoms with Crippen LogP contribution in [0.25, 0.3) is 0 Å². The molecule has 4 fully saturated rings. The van der Waals surface area contributed by atoms with Gasteiger partial charge in [0.05, 0.1) is 13.6 Å². The Hall–Kier alpha value is -0.0800. The lowest BCUT2D eigenvalue weighted by atomic mass is 9.45. The molecule has 0 aromatic carbocycles. The highest BCUT2D eigenvalue weighted by Gasteiger charge is 2.59. The van der Waals surface area contributed by atoms with Gasteiger partial charge in [-0.25, -0.2) is 0 Å². The van der Waals surface area contributed by atoms with E-state index in [0.717, 1.165) is 44.9 Å². The summed E-state index contributed by atoms with van der Waals surface area (Å²) in [5.74, 6) is 1.68. The third-order valence-corrected chi connectivity index (χ3v) is 8.06. The van der Waals surface area contributed by atoms with Gasteiger partial charge in [0.1, 0.15) is 0 Å².